The smallest absolute Gasteiger partial charge is 0.325 e. The number of carbonyl (C=O) groups is 1. The third-order valence-electron chi connectivity index (χ3n) is 3.76. The highest BCUT2D eigenvalue weighted by atomic mass is 32.2. The number of ether oxygens (including phenoxy) is 1. The zero-order valence-electron chi connectivity index (χ0n) is 13.3. The number of thioether (sulfide) groups is 1. The third-order valence-corrected chi connectivity index (χ3v) is 4.85. The molecule has 1 aliphatic carbocycles. The molecule has 1 N–H and O–H groups in total. The van der Waals surface area contributed by atoms with Gasteiger partial charge in [-0.2, -0.15) is 0 Å². The van der Waals surface area contributed by atoms with Gasteiger partial charge in [-0.25, -0.2) is 0 Å². The maximum Gasteiger partial charge on any atom is 0.325 e. The minimum atomic E-state index is -0.591. The minimum absolute atomic E-state index is 0.161. The molecule has 0 aromatic heterocycles. The molecule has 1 aromatic carbocycles. The molecule has 0 aliphatic heterocycles. The summed E-state index contributed by atoms with van der Waals surface area (Å²) < 4.78 is 5.00. The molecule has 1 fully saturated rings. The standard InChI is InChI=1S/C17H25NO2S/c1-12-6-5-7-15(10-12)21-13(2)11-17(3,16(19)20-4)18-14-8-9-14/h5-7,10,13-14,18H,8-9,11H2,1-4H3. The highest BCUT2D eigenvalue weighted by molar-refractivity contribution is 7.99. The number of benzene rings is 1. The van der Waals surface area contributed by atoms with Crippen molar-refractivity contribution in [1.29, 1.82) is 0 Å². The van der Waals surface area contributed by atoms with Crippen molar-refractivity contribution >= 4 is 17.7 Å². The normalized spacial score (nSPS) is 18.9. The number of hydrogen-bond acceptors (Lipinski definition) is 4. The van der Waals surface area contributed by atoms with Crippen molar-refractivity contribution in [2.75, 3.05) is 7.11 Å². The van der Waals surface area contributed by atoms with Crippen LogP contribution in [0.4, 0.5) is 0 Å². The molecule has 0 radical (unpaired) electrons. The molecule has 0 bridgehead atoms. The van der Waals surface area contributed by atoms with Gasteiger partial charge in [0.05, 0.1) is 7.11 Å². The number of hydrogen-bond donors (Lipinski definition) is 1. The van der Waals surface area contributed by atoms with Crippen LogP contribution >= 0.6 is 11.8 Å². The van der Waals surface area contributed by atoms with Gasteiger partial charge in [0.25, 0.3) is 0 Å². The molecule has 0 saturated heterocycles. The Morgan fingerprint density at radius 2 is 2.24 bits per heavy atom. The summed E-state index contributed by atoms with van der Waals surface area (Å²) in [7, 11) is 1.47. The summed E-state index contributed by atoms with van der Waals surface area (Å²) in [5.41, 5.74) is 0.672. The predicted octanol–water partition coefficient (Wildman–Crippen LogP) is 3.55. The lowest BCUT2D eigenvalue weighted by Crippen LogP contribution is -2.52. The van der Waals surface area contributed by atoms with E-state index in [2.05, 4.69) is 43.4 Å². The van der Waals surface area contributed by atoms with Crippen molar-refractivity contribution in [1.82, 2.24) is 5.32 Å². The number of esters is 1. The molecule has 0 spiro atoms. The van der Waals surface area contributed by atoms with E-state index >= 15 is 0 Å². The van der Waals surface area contributed by atoms with Gasteiger partial charge < -0.3 is 4.74 Å². The van der Waals surface area contributed by atoms with E-state index in [1.54, 1.807) is 0 Å². The van der Waals surface area contributed by atoms with Crippen LogP contribution in [0.1, 0.15) is 38.7 Å². The Bertz CT molecular complexity index is 501. The van der Waals surface area contributed by atoms with Crippen LogP contribution in [0.15, 0.2) is 29.2 Å². The quantitative estimate of drug-likeness (QED) is 0.617. The van der Waals surface area contributed by atoms with Crippen molar-refractivity contribution in [3.8, 4) is 0 Å². The summed E-state index contributed by atoms with van der Waals surface area (Å²) in [6.07, 6.45) is 3.08. The molecular formula is C17H25NO2S. The van der Waals surface area contributed by atoms with E-state index in [-0.39, 0.29) is 5.97 Å². The predicted molar refractivity (Wildman–Crippen MR) is 87.7 cm³/mol. The van der Waals surface area contributed by atoms with E-state index in [4.69, 9.17) is 4.74 Å². The van der Waals surface area contributed by atoms with Crippen molar-refractivity contribution in [3.63, 3.8) is 0 Å². The molecule has 0 heterocycles. The maximum absolute atomic E-state index is 12.1. The number of carbonyl (C=O) groups excluding carboxylic acids is 1. The van der Waals surface area contributed by atoms with E-state index < -0.39 is 5.54 Å². The number of rotatable bonds is 7. The summed E-state index contributed by atoms with van der Waals surface area (Å²) in [5, 5.41) is 3.79. The van der Waals surface area contributed by atoms with Crippen LogP contribution in [-0.4, -0.2) is 29.9 Å². The lowest BCUT2D eigenvalue weighted by atomic mass is 9.96. The topological polar surface area (TPSA) is 38.3 Å². The highest BCUT2D eigenvalue weighted by Gasteiger charge is 2.40. The van der Waals surface area contributed by atoms with Crippen LogP contribution in [0.3, 0.4) is 0 Å². The van der Waals surface area contributed by atoms with Gasteiger partial charge in [-0.3, -0.25) is 10.1 Å². The van der Waals surface area contributed by atoms with Crippen molar-refractivity contribution in [2.24, 2.45) is 0 Å². The van der Waals surface area contributed by atoms with Gasteiger partial charge in [0.15, 0.2) is 0 Å². The van der Waals surface area contributed by atoms with Gasteiger partial charge in [-0.1, -0.05) is 24.6 Å². The van der Waals surface area contributed by atoms with Gasteiger partial charge in [-0.05, 0) is 45.2 Å². The molecule has 1 saturated carbocycles. The van der Waals surface area contributed by atoms with Gasteiger partial charge >= 0.3 is 5.97 Å². The first-order valence-electron chi connectivity index (χ1n) is 7.52. The second kappa shape index (κ2) is 6.84. The van der Waals surface area contributed by atoms with Crippen LogP contribution in [0.25, 0.3) is 0 Å². The number of nitrogens with one attached hydrogen (secondary N) is 1. The first kappa shape index (κ1) is 16.4. The van der Waals surface area contributed by atoms with Gasteiger partial charge in [0.2, 0.25) is 0 Å². The number of aryl methyl sites for hydroxylation is 1. The summed E-state index contributed by atoms with van der Waals surface area (Å²) >= 11 is 1.81. The Kier molecular flexibility index (Phi) is 5.33. The molecule has 1 aromatic rings. The zero-order chi connectivity index (χ0) is 15.5. The molecule has 21 heavy (non-hydrogen) atoms. The fraction of sp³-hybridized carbons (Fsp3) is 0.588. The summed E-state index contributed by atoms with van der Waals surface area (Å²) in [4.78, 5) is 13.4. The Hall–Kier alpha value is -1.00. The molecule has 4 heteroatoms. The van der Waals surface area contributed by atoms with Crippen LogP contribution in [0, 0.1) is 6.92 Å². The molecule has 1 aliphatic rings. The molecule has 0 amide bonds. The van der Waals surface area contributed by atoms with E-state index in [0.717, 1.165) is 19.3 Å². The van der Waals surface area contributed by atoms with Crippen LogP contribution < -0.4 is 5.32 Å². The van der Waals surface area contributed by atoms with Crippen molar-refractivity contribution < 1.29 is 9.53 Å². The molecule has 116 valence electrons. The Balaban J connectivity index is 2.00. The van der Waals surface area contributed by atoms with E-state index in [1.807, 2.05) is 18.7 Å². The lowest BCUT2D eigenvalue weighted by molar-refractivity contribution is -0.148. The van der Waals surface area contributed by atoms with Crippen LogP contribution in [-0.2, 0) is 9.53 Å². The molecule has 2 rings (SSSR count). The minimum Gasteiger partial charge on any atom is -0.468 e. The van der Waals surface area contributed by atoms with E-state index in [9.17, 15) is 4.79 Å². The van der Waals surface area contributed by atoms with Crippen molar-refractivity contribution in [3.05, 3.63) is 29.8 Å². The molecule has 3 nitrogen and oxygen atoms in total. The summed E-state index contributed by atoms with van der Waals surface area (Å²) in [5.74, 6) is -0.161. The van der Waals surface area contributed by atoms with Gasteiger partial charge in [0.1, 0.15) is 5.54 Å². The van der Waals surface area contributed by atoms with Gasteiger partial charge in [-0.15, -0.1) is 11.8 Å². The fourth-order valence-electron chi connectivity index (χ4n) is 2.64. The monoisotopic (exact) mass is 307 g/mol. The maximum atomic E-state index is 12.1. The third kappa shape index (κ3) is 4.75. The first-order valence-corrected chi connectivity index (χ1v) is 8.40. The Labute approximate surface area is 131 Å². The van der Waals surface area contributed by atoms with Crippen LogP contribution in [0.5, 0.6) is 0 Å². The fourth-order valence-corrected chi connectivity index (χ4v) is 3.93. The number of methoxy groups -OCH3 is 1. The Morgan fingerprint density at radius 3 is 2.81 bits per heavy atom. The Morgan fingerprint density at radius 1 is 1.52 bits per heavy atom. The second-order valence-corrected chi connectivity index (χ2v) is 7.70. The van der Waals surface area contributed by atoms with E-state index in [1.165, 1.54) is 17.6 Å². The van der Waals surface area contributed by atoms with Gasteiger partial charge in [0, 0.05) is 16.2 Å². The zero-order valence-corrected chi connectivity index (χ0v) is 14.1. The van der Waals surface area contributed by atoms with E-state index in [0.29, 0.717) is 11.3 Å². The molecule has 2 atom stereocenters. The largest absolute Gasteiger partial charge is 0.468 e. The second-order valence-electron chi connectivity index (χ2n) is 6.19. The lowest BCUT2D eigenvalue weighted by Gasteiger charge is -2.30. The van der Waals surface area contributed by atoms with Crippen molar-refractivity contribution in [2.45, 2.75) is 61.8 Å². The summed E-state index contributed by atoms with van der Waals surface area (Å²) in [6, 6.07) is 8.96. The van der Waals surface area contributed by atoms with Crippen LogP contribution in [0.2, 0.25) is 0 Å². The first-order chi connectivity index (χ1) is 9.93. The SMILES string of the molecule is COC(=O)C(C)(CC(C)Sc1cccc(C)c1)NC1CC1. The average molecular weight is 307 g/mol. The highest BCUT2D eigenvalue weighted by Crippen LogP contribution is 2.32. The average Bonchev–Trinajstić information content (AvgIpc) is 3.21. The molecule has 2 unspecified atom stereocenters. The summed E-state index contributed by atoms with van der Waals surface area (Å²) in [6.45, 7) is 6.23. The molecular weight excluding hydrogens is 282 g/mol.